The highest BCUT2D eigenvalue weighted by Gasteiger charge is 2.49. The van der Waals surface area contributed by atoms with Crippen LogP contribution in [0.2, 0.25) is 0 Å². The number of piperidine rings is 1. The van der Waals surface area contributed by atoms with E-state index in [1.54, 1.807) is 17.3 Å². The summed E-state index contributed by atoms with van der Waals surface area (Å²) in [5.41, 5.74) is -0.197. The fraction of sp³-hybridized carbons (Fsp3) is 0.611. The molecule has 0 spiro atoms. The number of nitrogens with zero attached hydrogens (tertiary/aromatic N) is 3. The lowest BCUT2D eigenvalue weighted by Crippen LogP contribution is -2.58. The van der Waals surface area contributed by atoms with Gasteiger partial charge in [-0.25, -0.2) is 0 Å². The summed E-state index contributed by atoms with van der Waals surface area (Å²) in [6.45, 7) is 3.17. The van der Waals surface area contributed by atoms with E-state index in [-0.39, 0.29) is 19.0 Å². The van der Waals surface area contributed by atoms with Crippen LogP contribution >= 0.6 is 0 Å². The van der Waals surface area contributed by atoms with Gasteiger partial charge in [0, 0.05) is 32.0 Å². The van der Waals surface area contributed by atoms with Gasteiger partial charge in [-0.3, -0.25) is 19.5 Å². The normalized spacial score (nSPS) is 23.7. The van der Waals surface area contributed by atoms with Gasteiger partial charge < -0.3 is 15.1 Å². The number of rotatable bonds is 7. The summed E-state index contributed by atoms with van der Waals surface area (Å²) in [5.74, 6) is -1.13. The topological polar surface area (TPSA) is 94.0 Å². The maximum absolute atomic E-state index is 12.6. The summed E-state index contributed by atoms with van der Waals surface area (Å²) in [4.78, 5) is 31.9. The third-order valence-electron chi connectivity index (χ3n) is 4.87. The van der Waals surface area contributed by atoms with Crippen LogP contribution in [0.3, 0.4) is 0 Å². The number of likely N-dealkylation sites (N-methyl/N-ethyl adjacent to an activating group) is 1. The van der Waals surface area contributed by atoms with Crippen molar-refractivity contribution in [3.63, 3.8) is 0 Å². The molecule has 1 amide bonds. The van der Waals surface area contributed by atoms with Crippen molar-refractivity contribution in [2.24, 2.45) is 5.41 Å². The highest BCUT2D eigenvalue weighted by molar-refractivity contribution is 5.81. The molecule has 1 aromatic rings. The van der Waals surface area contributed by atoms with Crippen molar-refractivity contribution >= 4 is 11.9 Å². The van der Waals surface area contributed by atoms with Gasteiger partial charge in [0.2, 0.25) is 5.91 Å². The molecule has 1 aromatic heterocycles. The molecular weight excluding hydrogens is 322 g/mol. The first-order valence-electron chi connectivity index (χ1n) is 8.65. The second-order valence-corrected chi connectivity index (χ2v) is 6.86. The third kappa shape index (κ3) is 4.55. The number of aromatic nitrogens is 1. The molecule has 1 aliphatic rings. The van der Waals surface area contributed by atoms with Gasteiger partial charge in [0.15, 0.2) is 0 Å². The van der Waals surface area contributed by atoms with E-state index >= 15 is 0 Å². The summed E-state index contributed by atoms with van der Waals surface area (Å²) in [5, 5.41) is 19.9. The summed E-state index contributed by atoms with van der Waals surface area (Å²) in [6.07, 6.45) is 3.81. The van der Waals surface area contributed by atoms with Crippen molar-refractivity contribution in [3.05, 3.63) is 30.1 Å². The molecule has 0 saturated carbocycles. The summed E-state index contributed by atoms with van der Waals surface area (Å²) in [7, 11) is 1.85. The number of carboxylic acids is 1. The smallest absolute Gasteiger partial charge is 0.314 e. The minimum Gasteiger partial charge on any atom is -0.481 e. The Balaban J connectivity index is 2.00. The lowest BCUT2D eigenvalue weighted by molar-refractivity contribution is -0.167. The number of amides is 1. The molecule has 2 heterocycles. The Labute approximate surface area is 148 Å². The number of carbonyl (C=O) groups is 2. The Bertz CT molecular complexity index is 595. The highest BCUT2D eigenvalue weighted by atomic mass is 16.4. The van der Waals surface area contributed by atoms with Gasteiger partial charge in [-0.1, -0.05) is 13.3 Å². The van der Waals surface area contributed by atoms with Crippen LogP contribution in [0.25, 0.3) is 0 Å². The van der Waals surface area contributed by atoms with E-state index in [1.165, 1.54) is 0 Å². The van der Waals surface area contributed by atoms with Crippen LogP contribution in [0, 0.1) is 5.41 Å². The Morgan fingerprint density at radius 1 is 1.40 bits per heavy atom. The largest absolute Gasteiger partial charge is 0.481 e. The van der Waals surface area contributed by atoms with E-state index in [1.807, 2.05) is 31.0 Å². The average Bonchev–Trinajstić information content (AvgIpc) is 2.57. The summed E-state index contributed by atoms with van der Waals surface area (Å²) >= 11 is 0. The van der Waals surface area contributed by atoms with E-state index in [4.69, 9.17) is 0 Å². The first-order chi connectivity index (χ1) is 11.9. The van der Waals surface area contributed by atoms with Gasteiger partial charge in [0.1, 0.15) is 5.41 Å². The monoisotopic (exact) mass is 349 g/mol. The fourth-order valence-corrected chi connectivity index (χ4v) is 3.49. The Kier molecular flexibility index (Phi) is 6.50. The van der Waals surface area contributed by atoms with E-state index in [0.29, 0.717) is 32.4 Å². The Hall–Kier alpha value is -1.99. The first kappa shape index (κ1) is 19.3. The van der Waals surface area contributed by atoms with Crippen molar-refractivity contribution in [1.82, 2.24) is 14.8 Å². The molecule has 1 saturated heterocycles. The molecular formula is C18H27N3O4. The summed E-state index contributed by atoms with van der Waals surface area (Å²) in [6, 6.07) is 3.80. The number of hydrogen-bond donors (Lipinski definition) is 2. The minimum atomic E-state index is -1.26. The molecule has 7 nitrogen and oxygen atoms in total. The van der Waals surface area contributed by atoms with Crippen LogP contribution in [0.4, 0.5) is 0 Å². The predicted molar refractivity (Wildman–Crippen MR) is 92.8 cm³/mol. The van der Waals surface area contributed by atoms with Gasteiger partial charge >= 0.3 is 5.97 Å². The SMILES string of the molecule is CCC[C@@]1(C(=O)O)CN(C(=O)CN(C)Cc2ccncc2)CC[C@H]1O. The second-order valence-electron chi connectivity index (χ2n) is 6.86. The van der Waals surface area contributed by atoms with E-state index < -0.39 is 17.5 Å². The molecule has 1 fully saturated rings. The Morgan fingerprint density at radius 3 is 2.68 bits per heavy atom. The second kappa shape index (κ2) is 8.40. The highest BCUT2D eigenvalue weighted by Crippen LogP contribution is 2.35. The first-order valence-corrected chi connectivity index (χ1v) is 8.65. The van der Waals surface area contributed by atoms with Crippen LogP contribution in [0.1, 0.15) is 31.7 Å². The van der Waals surface area contributed by atoms with Gasteiger partial charge in [0.25, 0.3) is 0 Å². The van der Waals surface area contributed by atoms with Crippen molar-refractivity contribution in [1.29, 1.82) is 0 Å². The van der Waals surface area contributed by atoms with Crippen molar-refractivity contribution in [2.75, 3.05) is 26.7 Å². The number of hydrogen-bond acceptors (Lipinski definition) is 5. The maximum atomic E-state index is 12.6. The lowest BCUT2D eigenvalue weighted by atomic mass is 9.74. The van der Waals surface area contributed by atoms with Crippen LogP contribution in [-0.4, -0.2) is 69.7 Å². The molecule has 0 aliphatic carbocycles. The number of aliphatic carboxylic acids is 1. The molecule has 2 rings (SSSR count). The van der Waals surface area contributed by atoms with Crippen molar-refractivity contribution in [3.8, 4) is 0 Å². The zero-order chi connectivity index (χ0) is 18.4. The number of pyridine rings is 1. The number of aliphatic hydroxyl groups excluding tert-OH is 1. The number of likely N-dealkylation sites (tertiary alicyclic amines) is 1. The molecule has 7 heteroatoms. The Morgan fingerprint density at radius 2 is 2.08 bits per heavy atom. The molecule has 0 radical (unpaired) electrons. The molecule has 2 N–H and O–H groups in total. The molecule has 1 aliphatic heterocycles. The van der Waals surface area contributed by atoms with Gasteiger partial charge in [-0.2, -0.15) is 0 Å². The minimum absolute atomic E-state index is 0.0687. The zero-order valence-corrected chi connectivity index (χ0v) is 14.9. The molecule has 0 bridgehead atoms. The van der Waals surface area contributed by atoms with Crippen LogP contribution in [-0.2, 0) is 16.1 Å². The third-order valence-corrected chi connectivity index (χ3v) is 4.87. The maximum Gasteiger partial charge on any atom is 0.314 e. The van der Waals surface area contributed by atoms with Crippen molar-refractivity contribution in [2.45, 2.75) is 38.8 Å². The van der Waals surface area contributed by atoms with Gasteiger partial charge in [0.05, 0.1) is 12.6 Å². The van der Waals surface area contributed by atoms with Crippen LogP contribution in [0.5, 0.6) is 0 Å². The van der Waals surface area contributed by atoms with Crippen LogP contribution < -0.4 is 0 Å². The quantitative estimate of drug-likeness (QED) is 0.762. The average molecular weight is 349 g/mol. The van der Waals surface area contributed by atoms with Crippen LogP contribution in [0.15, 0.2) is 24.5 Å². The lowest BCUT2D eigenvalue weighted by Gasteiger charge is -2.43. The standard InChI is InChI=1S/C18H27N3O4/c1-3-7-18(17(24)25)13-21(10-6-15(18)22)16(23)12-20(2)11-14-4-8-19-9-5-14/h4-5,8-9,15,22H,3,6-7,10-13H2,1-2H3,(H,24,25)/t15-,18-/m1/s1. The zero-order valence-electron chi connectivity index (χ0n) is 14.9. The fourth-order valence-electron chi connectivity index (χ4n) is 3.49. The predicted octanol–water partition coefficient (Wildman–Crippen LogP) is 0.978. The molecule has 138 valence electrons. The molecule has 25 heavy (non-hydrogen) atoms. The number of carbonyl (C=O) groups excluding carboxylic acids is 1. The number of carboxylic acid groups (broad SMARTS) is 1. The molecule has 0 unspecified atom stereocenters. The summed E-state index contributed by atoms with van der Waals surface area (Å²) < 4.78 is 0. The molecule has 0 aromatic carbocycles. The van der Waals surface area contributed by atoms with E-state index in [9.17, 15) is 19.8 Å². The van der Waals surface area contributed by atoms with Gasteiger partial charge in [-0.15, -0.1) is 0 Å². The molecule has 2 atom stereocenters. The number of aliphatic hydroxyl groups is 1. The van der Waals surface area contributed by atoms with E-state index in [2.05, 4.69) is 4.98 Å². The van der Waals surface area contributed by atoms with Gasteiger partial charge in [-0.05, 0) is 37.6 Å². The van der Waals surface area contributed by atoms with Crippen molar-refractivity contribution < 1.29 is 19.8 Å². The van der Waals surface area contributed by atoms with E-state index in [0.717, 1.165) is 5.56 Å².